The smallest absolute Gasteiger partial charge is 0.376 e. The van der Waals surface area contributed by atoms with Crippen molar-refractivity contribution in [3.8, 4) is 0 Å². The van der Waals surface area contributed by atoms with Gasteiger partial charge in [-0.2, -0.15) is 0 Å². The van der Waals surface area contributed by atoms with Crippen LogP contribution in [0.4, 0.5) is 20.2 Å². The van der Waals surface area contributed by atoms with Crippen LogP contribution < -0.4 is 5.32 Å². The van der Waals surface area contributed by atoms with Gasteiger partial charge < -0.3 is 14.5 Å². The second-order valence-corrected chi connectivity index (χ2v) is 6.02. The number of anilines is 2. The first-order chi connectivity index (χ1) is 11.5. The third kappa shape index (κ3) is 3.05. The van der Waals surface area contributed by atoms with E-state index in [1.54, 1.807) is 13.0 Å². The third-order valence-corrected chi connectivity index (χ3v) is 3.88. The molecule has 0 saturated carbocycles. The fourth-order valence-corrected chi connectivity index (χ4v) is 2.62. The van der Waals surface area contributed by atoms with Crippen molar-refractivity contribution in [1.29, 1.82) is 0 Å². The molecular weight excluding hydrogens is 433 g/mol. The summed E-state index contributed by atoms with van der Waals surface area (Å²) in [6, 6.07) is 4.53. The Morgan fingerprint density at radius 3 is 2.83 bits per heavy atom. The van der Waals surface area contributed by atoms with E-state index >= 15 is 0 Å². The molecule has 2 heterocycles. The molecular formula is C16H11F2IN2O3. The van der Waals surface area contributed by atoms with Crippen LogP contribution in [0.15, 0.2) is 35.0 Å². The lowest BCUT2D eigenvalue weighted by atomic mass is 10.2. The Morgan fingerprint density at radius 2 is 2.12 bits per heavy atom. The Morgan fingerprint density at radius 1 is 1.33 bits per heavy atom. The van der Waals surface area contributed by atoms with Gasteiger partial charge in [0, 0.05) is 9.77 Å². The molecule has 0 aliphatic carbocycles. The molecule has 1 N–H and O–H groups in total. The van der Waals surface area contributed by atoms with Crippen molar-refractivity contribution in [2.24, 2.45) is 0 Å². The average molecular weight is 444 g/mol. The van der Waals surface area contributed by atoms with E-state index in [9.17, 15) is 13.6 Å². The first-order valence-corrected chi connectivity index (χ1v) is 8.04. The molecule has 2 aromatic heterocycles. The molecule has 0 bridgehead atoms. The lowest BCUT2D eigenvalue weighted by Crippen LogP contribution is -2.06. The highest BCUT2D eigenvalue weighted by atomic mass is 127. The number of benzene rings is 1. The van der Waals surface area contributed by atoms with Crippen LogP contribution in [0.5, 0.6) is 0 Å². The normalized spacial score (nSPS) is 10.8. The molecule has 0 fully saturated rings. The summed E-state index contributed by atoms with van der Waals surface area (Å²) in [6.45, 7) is 1.75. The number of fused-ring (bicyclic) bond motifs is 1. The van der Waals surface area contributed by atoms with E-state index in [0.29, 0.717) is 3.57 Å². The van der Waals surface area contributed by atoms with Crippen LogP contribution in [0.25, 0.3) is 11.0 Å². The molecule has 24 heavy (non-hydrogen) atoms. The lowest BCUT2D eigenvalue weighted by Gasteiger charge is -2.08. The summed E-state index contributed by atoms with van der Waals surface area (Å²) in [5.41, 5.74) is 0.0740. The highest BCUT2D eigenvalue weighted by Crippen LogP contribution is 2.35. The van der Waals surface area contributed by atoms with Crippen LogP contribution in [0.1, 0.15) is 17.5 Å². The van der Waals surface area contributed by atoms with Crippen molar-refractivity contribution in [2.75, 3.05) is 11.9 Å². The van der Waals surface area contributed by atoms with E-state index in [2.05, 4.69) is 10.3 Å². The monoisotopic (exact) mass is 444 g/mol. The molecule has 0 atom stereocenters. The van der Waals surface area contributed by atoms with Crippen LogP contribution in [0.3, 0.4) is 0 Å². The summed E-state index contributed by atoms with van der Waals surface area (Å²) in [7, 11) is 0. The Bertz CT molecular complexity index is 927. The summed E-state index contributed by atoms with van der Waals surface area (Å²) < 4.78 is 38.9. The zero-order valence-electron chi connectivity index (χ0n) is 12.4. The van der Waals surface area contributed by atoms with E-state index < -0.39 is 17.6 Å². The van der Waals surface area contributed by atoms with E-state index in [0.717, 1.165) is 6.20 Å². The van der Waals surface area contributed by atoms with Gasteiger partial charge in [-0.1, -0.05) is 0 Å². The fourth-order valence-electron chi connectivity index (χ4n) is 2.17. The largest absolute Gasteiger partial charge is 0.460 e. The number of aromatic nitrogens is 1. The van der Waals surface area contributed by atoms with Gasteiger partial charge in [-0.15, -0.1) is 0 Å². The van der Waals surface area contributed by atoms with Crippen molar-refractivity contribution in [3.63, 3.8) is 0 Å². The van der Waals surface area contributed by atoms with Gasteiger partial charge in [-0.05, 0) is 47.7 Å². The molecule has 0 radical (unpaired) electrons. The van der Waals surface area contributed by atoms with E-state index in [1.807, 2.05) is 22.6 Å². The minimum atomic E-state index is -0.776. The Hall–Kier alpha value is -2.23. The Kier molecular flexibility index (Phi) is 4.65. The van der Waals surface area contributed by atoms with Crippen LogP contribution >= 0.6 is 22.6 Å². The number of hydrogen-bond donors (Lipinski definition) is 1. The van der Waals surface area contributed by atoms with Crippen LogP contribution in [-0.2, 0) is 4.74 Å². The number of hydrogen-bond acceptors (Lipinski definition) is 5. The first-order valence-electron chi connectivity index (χ1n) is 6.96. The molecule has 0 saturated heterocycles. The van der Waals surface area contributed by atoms with Crippen molar-refractivity contribution < 1.29 is 22.7 Å². The van der Waals surface area contributed by atoms with Gasteiger partial charge in [-0.3, -0.25) is 4.98 Å². The summed E-state index contributed by atoms with van der Waals surface area (Å²) in [6.07, 6.45) is 2.30. The molecule has 0 spiro atoms. The maximum absolute atomic E-state index is 14.1. The number of nitrogens with one attached hydrogen (secondary N) is 1. The SMILES string of the molecule is CCOC(=O)c1oc2c(F)cncc2c1Nc1ccc(I)cc1F. The van der Waals surface area contributed by atoms with Gasteiger partial charge in [0.1, 0.15) is 11.5 Å². The first kappa shape index (κ1) is 16.6. The fraction of sp³-hybridized carbons (Fsp3) is 0.125. The number of rotatable bonds is 4. The number of furan rings is 1. The maximum Gasteiger partial charge on any atom is 0.376 e. The van der Waals surface area contributed by atoms with Gasteiger partial charge in [0.2, 0.25) is 5.76 Å². The number of ether oxygens (including phenoxy) is 1. The van der Waals surface area contributed by atoms with Crippen LogP contribution in [0, 0.1) is 15.2 Å². The highest BCUT2D eigenvalue weighted by Gasteiger charge is 2.24. The van der Waals surface area contributed by atoms with E-state index in [-0.39, 0.29) is 34.7 Å². The van der Waals surface area contributed by atoms with Gasteiger partial charge in [-0.25, -0.2) is 13.6 Å². The number of carbonyl (C=O) groups is 1. The quantitative estimate of drug-likeness (QED) is 0.470. The molecule has 0 aliphatic heterocycles. The molecule has 0 amide bonds. The van der Waals surface area contributed by atoms with Gasteiger partial charge >= 0.3 is 5.97 Å². The predicted molar refractivity (Wildman–Crippen MR) is 92.3 cm³/mol. The minimum absolute atomic E-state index is 0.107. The average Bonchev–Trinajstić information content (AvgIpc) is 2.90. The van der Waals surface area contributed by atoms with Crippen LogP contribution in [-0.4, -0.2) is 17.6 Å². The summed E-state index contributed by atoms with van der Waals surface area (Å²) in [5, 5.41) is 3.00. The third-order valence-electron chi connectivity index (χ3n) is 3.21. The van der Waals surface area contributed by atoms with Gasteiger partial charge in [0.25, 0.3) is 0 Å². The minimum Gasteiger partial charge on any atom is -0.460 e. The second-order valence-electron chi connectivity index (χ2n) is 4.77. The molecule has 3 aromatic rings. The molecule has 5 nitrogen and oxygen atoms in total. The van der Waals surface area contributed by atoms with Gasteiger partial charge in [0.15, 0.2) is 11.4 Å². The van der Waals surface area contributed by atoms with Crippen molar-refractivity contribution in [3.05, 3.63) is 51.6 Å². The predicted octanol–water partition coefficient (Wildman–Crippen LogP) is 4.63. The molecule has 1 aromatic carbocycles. The van der Waals surface area contributed by atoms with E-state index in [4.69, 9.17) is 9.15 Å². The van der Waals surface area contributed by atoms with Gasteiger partial charge in [0.05, 0.1) is 23.9 Å². The molecule has 3 rings (SSSR count). The van der Waals surface area contributed by atoms with Crippen molar-refractivity contribution in [2.45, 2.75) is 6.92 Å². The Balaban J connectivity index is 2.15. The number of esters is 1. The standard InChI is InChI=1S/C16H11F2IN2O3/c1-2-23-16(22)15-13(9-6-20-7-11(18)14(9)24-15)21-12-4-3-8(19)5-10(12)17/h3-7,21H,2H2,1H3. The summed E-state index contributed by atoms with van der Waals surface area (Å²) in [5.74, 6) is -2.26. The Labute approximate surface area is 149 Å². The molecule has 0 unspecified atom stereocenters. The molecule has 124 valence electrons. The second kappa shape index (κ2) is 6.71. The van der Waals surface area contributed by atoms with Crippen molar-refractivity contribution in [1.82, 2.24) is 4.98 Å². The highest BCUT2D eigenvalue weighted by molar-refractivity contribution is 14.1. The molecule has 0 aliphatic rings. The summed E-state index contributed by atoms with van der Waals surface area (Å²) in [4.78, 5) is 15.8. The lowest BCUT2D eigenvalue weighted by molar-refractivity contribution is 0.0494. The topological polar surface area (TPSA) is 64.4 Å². The molecule has 8 heteroatoms. The maximum atomic E-state index is 14.1. The summed E-state index contributed by atoms with van der Waals surface area (Å²) >= 11 is 1.98. The number of pyridine rings is 1. The number of halogens is 3. The van der Waals surface area contributed by atoms with E-state index in [1.165, 1.54) is 18.3 Å². The van der Waals surface area contributed by atoms with Crippen molar-refractivity contribution >= 4 is 50.9 Å². The number of nitrogens with zero attached hydrogens (tertiary/aromatic N) is 1. The zero-order valence-corrected chi connectivity index (χ0v) is 14.6. The zero-order chi connectivity index (χ0) is 17.3. The van der Waals surface area contributed by atoms with Crippen LogP contribution in [0.2, 0.25) is 0 Å². The number of carbonyl (C=O) groups excluding carboxylic acids is 1.